The maximum Gasteiger partial charge on any atom is 0.307 e. The van der Waals surface area contributed by atoms with E-state index in [9.17, 15) is 4.79 Å². The third-order valence-electron chi connectivity index (χ3n) is 3.67. The lowest BCUT2D eigenvalue weighted by atomic mass is 10.0. The highest BCUT2D eigenvalue weighted by molar-refractivity contribution is 7.80. The van der Waals surface area contributed by atoms with Crippen LogP contribution in [0, 0.1) is 5.92 Å². The van der Waals surface area contributed by atoms with Crippen molar-refractivity contribution in [3.63, 3.8) is 0 Å². The molecule has 2 aromatic rings. The van der Waals surface area contributed by atoms with Crippen LogP contribution in [-0.2, 0) is 16.1 Å². The molecule has 0 aliphatic heterocycles. The van der Waals surface area contributed by atoms with E-state index in [1.165, 1.54) is 16.3 Å². The maximum absolute atomic E-state index is 11.9. The Morgan fingerprint density at radius 3 is 2.54 bits per heavy atom. The van der Waals surface area contributed by atoms with Crippen LogP contribution in [0.1, 0.15) is 39.7 Å². The standard InChI is InChI=1S/C20H25NO2S/c1-14(12-18(22)23-20(2,3)4)19(24)21-13-16-10-7-9-15-8-5-6-11-17(15)16/h5-11,14H,12-13H2,1-4H3,(H,21,24)/t14-/m1/s1. The van der Waals surface area contributed by atoms with Crippen molar-refractivity contribution >= 4 is 33.9 Å². The van der Waals surface area contributed by atoms with E-state index in [1.807, 2.05) is 45.9 Å². The van der Waals surface area contributed by atoms with Crippen molar-refractivity contribution in [2.45, 2.75) is 46.3 Å². The predicted octanol–water partition coefficient (Wildman–Crippen LogP) is 4.62. The summed E-state index contributed by atoms with van der Waals surface area (Å²) >= 11 is 5.44. The number of nitrogens with one attached hydrogen (secondary N) is 1. The van der Waals surface area contributed by atoms with Crippen molar-refractivity contribution in [2.75, 3.05) is 0 Å². The summed E-state index contributed by atoms with van der Waals surface area (Å²) in [5, 5.41) is 5.71. The van der Waals surface area contributed by atoms with Gasteiger partial charge in [-0.3, -0.25) is 4.79 Å². The lowest BCUT2D eigenvalue weighted by Gasteiger charge is -2.21. The summed E-state index contributed by atoms with van der Waals surface area (Å²) in [4.78, 5) is 12.6. The van der Waals surface area contributed by atoms with E-state index in [2.05, 4.69) is 29.6 Å². The molecule has 128 valence electrons. The molecule has 0 fully saturated rings. The number of thiocarbonyl (C=S) groups is 1. The second kappa shape index (κ2) is 7.75. The first-order valence-electron chi connectivity index (χ1n) is 8.22. The molecule has 2 aromatic carbocycles. The molecule has 1 N–H and O–H groups in total. The molecule has 24 heavy (non-hydrogen) atoms. The summed E-state index contributed by atoms with van der Waals surface area (Å²) < 4.78 is 5.35. The van der Waals surface area contributed by atoms with Gasteiger partial charge in [-0.05, 0) is 37.1 Å². The highest BCUT2D eigenvalue weighted by Gasteiger charge is 2.20. The van der Waals surface area contributed by atoms with Gasteiger partial charge < -0.3 is 10.1 Å². The molecule has 0 unspecified atom stereocenters. The van der Waals surface area contributed by atoms with Crippen LogP contribution in [-0.4, -0.2) is 16.6 Å². The Morgan fingerprint density at radius 1 is 1.17 bits per heavy atom. The van der Waals surface area contributed by atoms with Crippen LogP contribution in [0.4, 0.5) is 0 Å². The van der Waals surface area contributed by atoms with Gasteiger partial charge >= 0.3 is 5.97 Å². The van der Waals surface area contributed by atoms with E-state index in [4.69, 9.17) is 17.0 Å². The predicted molar refractivity (Wildman–Crippen MR) is 103 cm³/mol. The Labute approximate surface area is 149 Å². The quantitative estimate of drug-likeness (QED) is 0.635. The summed E-state index contributed by atoms with van der Waals surface area (Å²) in [6.45, 7) is 8.20. The molecule has 0 radical (unpaired) electrons. The van der Waals surface area contributed by atoms with Crippen molar-refractivity contribution in [2.24, 2.45) is 5.92 Å². The van der Waals surface area contributed by atoms with Gasteiger partial charge in [0.1, 0.15) is 5.60 Å². The number of hydrogen-bond donors (Lipinski definition) is 1. The van der Waals surface area contributed by atoms with Gasteiger partial charge in [-0.25, -0.2) is 0 Å². The first-order chi connectivity index (χ1) is 11.3. The first-order valence-corrected chi connectivity index (χ1v) is 8.63. The number of carbonyl (C=O) groups is 1. The zero-order valence-electron chi connectivity index (χ0n) is 14.8. The third-order valence-corrected chi connectivity index (χ3v) is 4.22. The summed E-state index contributed by atoms with van der Waals surface area (Å²) in [6, 6.07) is 14.5. The normalized spacial score (nSPS) is 12.7. The van der Waals surface area contributed by atoms with Crippen LogP contribution < -0.4 is 5.32 Å². The molecule has 0 aliphatic rings. The van der Waals surface area contributed by atoms with E-state index in [1.54, 1.807) is 0 Å². The van der Waals surface area contributed by atoms with Gasteiger partial charge in [-0.1, -0.05) is 61.6 Å². The minimum atomic E-state index is -0.463. The Morgan fingerprint density at radius 2 is 1.83 bits per heavy atom. The van der Waals surface area contributed by atoms with E-state index in [-0.39, 0.29) is 11.9 Å². The lowest BCUT2D eigenvalue weighted by molar-refractivity contribution is -0.155. The fourth-order valence-corrected chi connectivity index (χ4v) is 2.68. The molecule has 0 aliphatic carbocycles. The van der Waals surface area contributed by atoms with Crippen molar-refractivity contribution < 1.29 is 9.53 Å². The van der Waals surface area contributed by atoms with E-state index < -0.39 is 5.60 Å². The number of fused-ring (bicyclic) bond motifs is 1. The van der Waals surface area contributed by atoms with Crippen LogP contribution in [0.15, 0.2) is 42.5 Å². The van der Waals surface area contributed by atoms with Crippen molar-refractivity contribution in [3.05, 3.63) is 48.0 Å². The SMILES string of the molecule is C[C@H](CC(=O)OC(C)(C)C)C(=S)NCc1cccc2ccccc12. The van der Waals surface area contributed by atoms with Crippen molar-refractivity contribution in [1.29, 1.82) is 0 Å². The molecule has 0 spiro atoms. The monoisotopic (exact) mass is 343 g/mol. The molecule has 0 saturated carbocycles. The first kappa shape index (κ1) is 18.4. The number of ether oxygens (including phenoxy) is 1. The molecule has 2 rings (SSSR count). The van der Waals surface area contributed by atoms with Crippen LogP contribution in [0.2, 0.25) is 0 Å². The number of esters is 1. The average Bonchev–Trinajstić information content (AvgIpc) is 2.50. The number of carbonyl (C=O) groups excluding carboxylic acids is 1. The minimum absolute atomic E-state index is 0.0511. The van der Waals surface area contributed by atoms with Gasteiger partial charge in [0.2, 0.25) is 0 Å². The van der Waals surface area contributed by atoms with Gasteiger partial charge in [0.25, 0.3) is 0 Å². The maximum atomic E-state index is 11.9. The molecule has 1 atom stereocenters. The zero-order chi connectivity index (χ0) is 17.7. The molecular formula is C20H25NO2S. The molecule has 0 heterocycles. The van der Waals surface area contributed by atoms with Crippen LogP contribution >= 0.6 is 12.2 Å². The van der Waals surface area contributed by atoms with Crippen molar-refractivity contribution in [3.8, 4) is 0 Å². The Kier molecular flexibility index (Phi) is 5.94. The molecule has 0 amide bonds. The van der Waals surface area contributed by atoms with Crippen LogP contribution in [0.5, 0.6) is 0 Å². The highest BCUT2D eigenvalue weighted by atomic mass is 32.1. The number of hydrogen-bond acceptors (Lipinski definition) is 3. The third kappa shape index (κ3) is 5.31. The largest absolute Gasteiger partial charge is 0.460 e. The van der Waals surface area contributed by atoms with E-state index in [0.29, 0.717) is 18.0 Å². The fraction of sp³-hybridized carbons (Fsp3) is 0.400. The van der Waals surface area contributed by atoms with Crippen LogP contribution in [0.3, 0.4) is 0 Å². The minimum Gasteiger partial charge on any atom is -0.460 e. The number of benzene rings is 2. The smallest absolute Gasteiger partial charge is 0.307 e. The second-order valence-electron chi connectivity index (χ2n) is 7.05. The molecular weight excluding hydrogens is 318 g/mol. The molecule has 0 aromatic heterocycles. The zero-order valence-corrected chi connectivity index (χ0v) is 15.6. The van der Waals surface area contributed by atoms with Gasteiger partial charge in [-0.15, -0.1) is 0 Å². The average molecular weight is 343 g/mol. The summed E-state index contributed by atoms with van der Waals surface area (Å²) in [6.07, 6.45) is 0.290. The molecule has 0 bridgehead atoms. The Balaban J connectivity index is 1.93. The topological polar surface area (TPSA) is 38.3 Å². The van der Waals surface area contributed by atoms with Gasteiger partial charge in [-0.2, -0.15) is 0 Å². The highest BCUT2D eigenvalue weighted by Crippen LogP contribution is 2.19. The van der Waals surface area contributed by atoms with Crippen LogP contribution in [0.25, 0.3) is 10.8 Å². The molecule has 3 nitrogen and oxygen atoms in total. The molecule has 4 heteroatoms. The fourth-order valence-electron chi connectivity index (χ4n) is 2.53. The Bertz CT molecular complexity index is 728. The van der Waals surface area contributed by atoms with E-state index in [0.717, 1.165) is 0 Å². The summed E-state index contributed by atoms with van der Waals surface area (Å²) in [5.41, 5.74) is 0.731. The second-order valence-corrected chi connectivity index (χ2v) is 7.49. The van der Waals surface area contributed by atoms with Gasteiger partial charge in [0.05, 0.1) is 11.4 Å². The van der Waals surface area contributed by atoms with Gasteiger partial charge in [0.15, 0.2) is 0 Å². The van der Waals surface area contributed by atoms with Gasteiger partial charge in [0, 0.05) is 12.5 Å². The summed E-state index contributed by atoms with van der Waals surface area (Å²) in [7, 11) is 0. The Hall–Kier alpha value is -1.94. The summed E-state index contributed by atoms with van der Waals surface area (Å²) in [5.74, 6) is -0.269. The van der Waals surface area contributed by atoms with E-state index >= 15 is 0 Å². The lowest BCUT2D eigenvalue weighted by Crippen LogP contribution is -2.31. The number of rotatable bonds is 5. The molecule has 0 saturated heterocycles. The van der Waals surface area contributed by atoms with Crippen molar-refractivity contribution in [1.82, 2.24) is 5.32 Å².